The number of benzene rings is 1. The molecule has 0 aliphatic heterocycles. The van der Waals surface area contributed by atoms with Crippen LogP contribution in [0.5, 0.6) is 0 Å². The van der Waals surface area contributed by atoms with Gasteiger partial charge in [0.05, 0.1) is 5.69 Å². The zero-order chi connectivity index (χ0) is 12.4. The third-order valence-corrected chi connectivity index (χ3v) is 2.87. The summed E-state index contributed by atoms with van der Waals surface area (Å²) in [7, 11) is 0. The number of carbonyl (C=O) groups excluding carboxylic acids is 1. The molecule has 0 N–H and O–H groups in total. The first kappa shape index (κ1) is 11.6. The van der Waals surface area contributed by atoms with Gasteiger partial charge in [-0.3, -0.25) is 9.48 Å². The van der Waals surface area contributed by atoms with E-state index in [0.29, 0.717) is 0 Å². The Morgan fingerprint density at radius 1 is 1.29 bits per heavy atom. The molecule has 0 radical (unpaired) electrons. The van der Waals surface area contributed by atoms with Gasteiger partial charge in [-0.1, -0.05) is 24.3 Å². The minimum absolute atomic E-state index is 0.0873. The number of ketones is 1. The number of hydrogen-bond acceptors (Lipinski definition) is 2. The fourth-order valence-electron chi connectivity index (χ4n) is 1.97. The summed E-state index contributed by atoms with van der Waals surface area (Å²) in [4.78, 5) is 11.6. The van der Waals surface area contributed by atoms with Crippen LogP contribution in [0.3, 0.4) is 0 Å². The maximum atomic E-state index is 11.6. The van der Waals surface area contributed by atoms with Crippen LogP contribution in [0.1, 0.15) is 29.9 Å². The van der Waals surface area contributed by atoms with E-state index in [1.165, 1.54) is 0 Å². The summed E-state index contributed by atoms with van der Waals surface area (Å²) in [6, 6.07) is 7.67. The van der Waals surface area contributed by atoms with Crippen molar-refractivity contribution in [1.82, 2.24) is 9.78 Å². The van der Waals surface area contributed by atoms with Crippen LogP contribution in [-0.2, 0) is 6.54 Å². The number of rotatable bonds is 3. The van der Waals surface area contributed by atoms with Crippen LogP contribution >= 0.6 is 0 Å². The number of nitrogens with zero attached hydrogens (tertiary/aromatic N) is 2. The van der Waals surface area contributed by atoms with Crippen molar-refractivity contribution < 1.29 is 4.79 Å². The second-order valence-electron chi connectivity index (χ2n) is 4.09. The zero-order valence-corrected chi connectivity index (χ0v) is 10.4. The minimum Gasteiger partial charge on any atom is -0.294 e. The first-order valence-corrected chi connectivity index (χ1v) is 5.78. The molecule has 2 rings (SSSR count). The number of carbonyl (C=O) groups is 1. The third-order valence-electron chi connectivity index (χ3n) is 2.87. The molecule has 0 bridgehead atoms. The molecule has 1 aromatic carbocycles. The number of hydrogen-bond donors (Lipinski definition) is 0. The van der Waals surface area contributed by atoms with Crippen molar-refractivity contribution in [1.29, 1.82) is 0 Å². The molecule has 88 valence electrons. The van der Waals surface area contributed by atoms with E-state index in [2.05, 4.69) is 5.10 Å². The first-order chi connectivity index (χ1) is 8.13. The van der Waals surface area contributed by atoms with E-state index in [9.17, 15) is 4.79 Å². The van der Waals surface area contributed by atoms with Gasteiger partial charge in [0.2, 0.25) is 0 Å². The van der Waals surface area contributed by atoms with Crippen molar-refractivity contribution in [2.24, 2.45) is 0 Å². The zero-order valence-electron chi connectivity index (χ0n) is 10.4. The summed E-state index contributed by atoms with van der Waals surface area (Å²) in [5.74, 6) is 0.0873. The fourth-order valence-corrected chi connectivity index (χ4v) is 1.97. The summed E-state index contributed by atoms with van der Waals surface area (Å²) in [5, 5.41) is 4.41. The van der Waals surface area contributed by atoms with E-state index >= 15 is 0 Å². The quantitative estimate of drug-likeness (QED) is 0.757. The number of aryl methyl sites for hydroxylation is 2. The van der Waals surface area contributed by atoms with Gasteiger partial charge in [0.25, 0.3) is 0 Å². The van der Waals surface area contributed by atoms with Crippen LogP contribution in [0.15, 0.2) is 30.5 Å². The molecule has 0 atom stereocenters. The molecule has 17 heavy (non-hydrogen) atoms. The first-order valence-electron chi connectivity index (χ1n) is 5.78. The summed E-state index contributed by atoms with van der Waals surface area (Å²) in [6.07, 6.45) is 2.00. The monoisotopic (exact) mass is 228 g/mol. The highest BCUT2D eigenvalue weighted by molar-refractivity contribution is 6.00. The highest BCUT2D eigenvalue weighted by Gasteiger charge is 2.12. The molecule has 0 amide bonds. The maximum Gasteiger partial charge on any atom is 0.160 e. The molecule has 1 heterocycles. The van der Waals surface area contributed by atoms with Crippen molar-refractivity contribution in [3.63, 3.8) is 0 Å². The Labute approximate surface area is 101 Å². The van der Waals surface area contributed by atoms with Crippen LogP contribution in [0.2, 0.25) is 0 Å². The molecule has 0 fully saturated rings. The molecule has 1 aromatic heterocycles. The predicted octanol–water partition coefficient (Wildman–Crippen LogP) is 3.08. The Kier molecular flexibility index (Phi) is 3.09. The van der Waals surface area contributed by atoms with Gasteiger partial charge in [0, 0.05) is 23.9 Å². The van der Waals surface area contributed by atoms with Crippen molar-refractivity contribution in [2.45, 2.75) is 27.3 Å². The molecular weight excluding hydrogens is 212 g/mol. The average Bonchev–Trinajstić information content (AvgIpc) is 2.70. The topological polar surface area (TPSA) is 34.9 Å². The van der Waals surface area contributed by atoms with E-state index in [4.69, 9.17) is 0 Å². The summed E-state index contributed by atoms with van der Waals surface area (Å²) < 4.78 is 1.89. The fraction of sp³-hybridized carbons (Fsp3) is 0.286. The Bertz CT molecular complexity index is 555. The lowest BCUT2D eigenvalue weighted by atomic mass is 9.98. The summed E-state index contributed by atoms with van der Waals surface area (Å²) in [6.45, 7) is 6.45. The highest BCUT2D eigenvalue weighted by Crippen LogP contribution is 2.26. The lowest BCUT2D eigenvalue weighted by molar-refractivity contribution is 0.101. The van der Waals surface area contributed by atoms with Gasteiger partial charge in [-0.25, -0.2) is 0 Å². The molecule has 0 saturated carbocycles. The largest absolute Gasteiger partial charge is 0.294 e. The lowest BCUT2D eigenvalue weighted by Crippen LogP contribution is -1.95. The van der Waals surface area contributed by atoms with Gasteiger partial charge < -0.3 is 0 Å². The van der Waals surface area contributed by atoms with Gasteiger partial charge >= 0.3 is 0 Å². The van der Waals surface area contributed by atoms with Gasteiger partial charge in [0.1, 0.15) is 0 Å². The molecule has 0 unspecified atom stereocenters. The second-order valence-corrected chi connectivity index (χ2v) is 4.09. The van der Waals surface area contributed by atoms with E-state index < -0.39 is 0 Å². The molecule has 0 saturated heterocycles. The van der Waals surface area contributed by atoms with Crippen molar-refractivity contribution >= 4 is 5.78 Å². The van der Waals surface area contributed by atoms with E-state index in [1.807, 2.05) is 49.0 Å². The van der Waals surface area contributed by atoms with Crippen LogP contribution in [-0.4, -0.2) is 15.6 Å². The molecule has 3 nitrogen and oxygen atoms in total. The van der Waals surface area contributed by atoms with Gasteiger partial charge in [-0.05, 0) is 26.3 Å². The van der Waals surface area contributed by atoms with Crippen molar-refractivity contribution in [3.05, 3.63) is 41.7 Å². The summed E-state index contributed by atoms with van der Waals surface area (Å²) in [5.41, 5.74) is 3.72. The lowest BCUT2D eigenvalue weighted by Gasteiger charge is -2.04. The van der Waals surface area contributed by atoms with Crippen molar-refractivity contribution in [2.75, 3.05) is 0 Å². The average molecular weight is 228 g/mol. The van der Waals surface area contributed by atoms with Crippen LogP contribution < -0.4 is 0 Å². The molecule has 0 aliphatic carbocycles. The Hall–Kier alpha value is -1.90. The minimum atomic E-state index is 0.0873. The van der Waals surface area contributed by atoms with Gasteiger partial charge in [0.15, 0.2) is 5.78 Å². The van der Waals surface area contributed by atoms with Crippen LogP contribution in [0, 0.1) is 6.92 Å². The number of Topliss-reactive ketones (excluding diaryl/α,β-unsaturated/α-hetero) is 1. The van der Waals surface area contributed by atoms with E-state index in [0.717, 1.165) is 28.9 Å². The van der Waals surface area contributed by atoms with E-state index in [-0.39, 0.29) is 5.78 Å². The van der Waals surface area contributed by atoms with Gasteiger partial charge in [-0.15, -0.1) is 0 Å². The third kappa shape index (κ3) is 2.13. The SMILES string of the molecule is CCn1cc(-c2ccccc2C(C)=O)c(C)n1. The molecule has 3 heteroatoms. The Balaban J connectivity index is 2.59. The predicted molar refractivity (Wildman–Crippen MR) is 68.1 cm³/mol. The van der Waals surface area contributed by atoms with Crippen LogP contribution in [0.25, 0.3) is 11.1 Å². The second kappa shape index (κ2) is 4.53. The standard InChI is InChI=1S/C14H16N2O/c1-4-16-9-14(10(2)15-16)13-8-6-5-7-12(13)11(3)17/h5-9H,4H2,1-3H3. The summed E-state index contributed by atoms with van der Waals surface area (Å²) >= 11 is 0. The molecule has 0 aliphatic rings. The molecule has 0 spiro atoms. The Morgan fingerprint density at radius 2 is 2.00 bits per heavy atom. The highest BCUT2D eigenvalue weighted by atomic mass is 16.1. The van der Waals surface area contributed by atoms with Crippen molar-refractivity contribution in [3.8, 4) is 11.1 Å². The normalized spacial score (nSPS) is 10.5. The Morgan fingerprint density at radius 3 is 2.59 bits per heavy atom. The smallest absolute Gasteiger partial charge is 0.160 e. The van der Waals surface area contributed by atoms with Crippen LogP contribution in [0.4, 0.5) is 0 Å². The number of aromatic nitrogens is 2. The molecule has 2 aromatic rings. The van der Waals surface area contributed by atoms with Gasteiger partial charge in [-0.2, -0.15) is 5.10 Å². The maximum absolute atomic E-state index is 11.6. The molecular formula is C14H16N2O. The van der Waals surface area contributed by atoms with E-state index in [1.54, 1.807) is 6.92 Å².